The Balaban J connectivity index is 1.68. The molecule has 25 heavy (non-hydrogen) atoms. The fourth-order valence-corrected chi connectivity index (χ4v) is 3.07. The number of benzene rings is 1. The summed E-state index contributed by atoms with van der Waals surface area (Å²) >= 11 is 1.23. The standard InChI is InChI=1S/C15H11F2N7S/c1-23-13(9-5-3-2-4-6-9)19-21-15(23)25-11-8-7-10-18-20-14(12(16)17)24(10)22-11/h2-8,12H,1H3. The zero-order chi connectivity index (χ0) is 17.4. The van der Waals surface area contributed by atoms with Crippen LogP contribution in [0.2, 0.25) is 0 Å². The molecule has 1 aromatic carbocycles. The van der Waals surface area contributed by atoms with E-state index < -0.39 is 12.2 Å². The first kappa shape index (κ1) is 15.6. The van der Waals surface area contributed by atoms with Crippen molar-refractivity contribution in [1.29, 1.82) is 0 Å². The molecule has 4 aromatic rings. The molecule has 0 aliphatic heterocycles. The maximum absolute atomic E-state index is 12.9. The summed E-state index contributed by atoms with van der Waals surface area (Å²) in [6, 6.07) is 12.9. The van der Waals surface area contributed by atoms with Gasteiger partial charge in [0, 0.05) is 12.6 Å². The topological polar surface area (TPSA) is 73.8 Å². The molecule has 0 N–H and O–H groups in total. The zero-order valence-electron chi connectivity index (χ0n) is 12.9. The molecule has 0 amide bonds. The molecule has 0 spiro atoms. The average Bonchev–Trinajstić information content (AvgIpc) is 3.20. The first-order chi connectivity index (χ1) is 12.1. The van der Waals surface area contributed by atoms with Gasteiger partial charge in [-0.2, -0.15) is 9.61 Å². The van der Waals surface area contributed by atoms with E-state index in [9.17, 15) is 8.78 Å². The molecule has 0 atom stereocenters. The van der Waals surface area contributed by atoms with Crippen molar-refractivity contribution in [1.82, 2.24) is 34.6 Å². The van der Waals surface area contributed by atoms with Crippen LogP contribution in [0.15, 0.2) is 52.6 Å². The minimum Gasteiger partial charge on any atom is -0.305 e. The van der Waals surface area contributed by atoms with Crippen molar-refractivity contribution in [2.24, 2.45) is 7.05 Å². The fraction of sp³-hybridized carbons (Fsp3) is 0.133. The summed E-state index contributed by atoms with van der Waals surface area (Å²) in [4.78, 5) is 0. The maximum Gasteiger partial charge on any atom is 0.299 e. The Morgan fingerprint density at radius 1 is 0.960 bits per heavy atom. The summed E-state index contributed by atoms with van der Waals surface area (Å²) in [6.07, 6.45) is -2.75. The number of alkyl halides is 2. The molecule has 3 aromatic heterocycles. The van der Waals surface area contributed by atoms with Gasteiger partial charge in [-0.1, -0.05) is 30.3 Å². The number of hydrogen-bond donors (Lipinski definition) is 0. The lowest BCUT2D eigenvalue weighted by molar-refractivity contribution is 0.137. The van der Waals surface area contributed by atoms with E-state index in [0.717, 1.165) is 10.1 Å². The molecule has 4 rings (SSSR count). The van der Waals surface area contributed by atoms with Crippen LogP contribution in [0.5, 0.6) is 0 Å². The van der Waals surface area contributed by atoms with Gasteiger partial charge in [-0.3, -0.25) is 0 Å². The first-order valence-corrected chi connectivity index (χ1v) is 8.08. The minimum absolute atomic E-state index is 0.266. The molecule has 0 bridgehead atoms. The quantitative estimate of drug-likeness (QED) is 0.558. The molecule has 7 nitrogen and oxygen atoms in total. The molecule has 3 heterocycles. The molecule has 126 valence electrons. The molecule has 0 unspecified atom stereocenters. The van der Waals surface area contributed by atoms with Crippen molar-refractivity contribution in [3.05, 3.63) is 48.3 Å². The largest absolute Gasteiger partial charge is 0.305 e. The number of halogens is 2. The van der Waals surface area contributed by atoms with E-state index in [1.165, 1.54) is 11.8 Å². The van der Waals surface area contributed by atoms with Crippen LogP contribution < -0.4 is 0 Å². The van der Waals surface area contributed by atoms with Crippen LogP contribution in [0.25, 0.3) is 17.0 Å². The molecule has 0 aliphatic rings. The van der Waals surface area contributed by atoms with Crippen LogP contribution in [0.1, 0.15) is 12.2 Å². The molecular formula is C15H11F2N7S. The Hall–Kier alpha value is -2.88. The van der Waals surface area contributed by atoms with E-state index in [1.807, 2.05) is 41.9 Å². The highest BCUT2D eigenvalue weighted by Crippen LogP contribution is 2.28. The SMILES string of the molecule is Cn1c(Sc2ccc3nnc(C(F)F)n3n2)nnc1-c1ccccc1. The Morgan fingerprint density at radius 2 is 1.76 bits per heavy atom. The number of aromatic nitrogens is 7. The Labute approximate surface area is 144 Å². The summed E-state index contributed by atoms with van der Waals surface area (Å²) in [6.45, 7) is 0. The summed E-state index contributed by atoms with van der Waals surface area (Å²) in [5.74, 6) is 0.224. The smallest absolute Gasteiger partial charge is 0.299 e. The number of fused-ring (bicyclic) bond motifs is 1. The Morgan fingerprint density at radius 3 is 2.52 bits per heavy atom. The minimum atomic E-state index is -2.75. The third kappa shape index (κ3) is 2.84. The van der Waals surface area contributed by atoms with Gasteiger partial charge < -0.3 is 4.57 Å². The molecule has 0 aliphatic carbocycles. The van der Waals surface area contributed by atoms with Crippen molar-refractivity contribution in [2.75, 3.05) is 0 Å². The zero-order valence-corrected chi connectivity index (χ0v) is 13.7. The van der Waals surface area contributed by atoms with Crippen molar-refractivity contribution in [3.8, 4) is 11.4 Å². The summed E-state index contributed by atoms with van der Waals surface area (Å²) in [7, 11) is 1.84. The first-order valence-electron chi connectivity index (χ1n) is 7.26. The van der Waals surface area contributed by atoms with Gasteiger partial charge in [-0.25, -0.2) is 8.78 Å². The van der Waals surface area contributed by atoms with Gasteiger partial charge in [0.2, 0.25) is 5.82 Å². The van der Waals surface area contributed by atoms with Crippen molar-refractivity contribution in [3.63, 3.8) is 0 Å². The van der Waals surface area contributed by atoms with Crippen molar-refractivity contribution >= 4 is 17.4 Å². The van der Waals surface area contributed by atoms with Gasteiger partial charge in [-0.15, -0.1) is 20.4 Å². The van der Waals surface area contributed by atoms with Crippen LogP contribution in [-0.4, -0.2) is 34.6 Å². The fourth-order valence-electron chi connectivity index (χ4n) is 2.32. The van der Waals surface area contributed by atoms with Gasteiger partial charge in [0.05, 0.1) is 0 Å². The normalized spacial score (nSPS) is 11.5. The van der Waals surface area contributed by atoms with Gasteiger partial charge in [0.25, 0.3) is 6.43 Å². The third-order valence-corrected chi connectivity index (χ3v) is 4.49. The summed E-state index contributed by atoms with van der Waals surface area (Å²) in [5, 5.41) is 20.7. The van der Waals surface area contributed by atoms with Gasteiger partial charge in [0.1, 0.15) is 5.03 Å². The second-order valence-electron chi connectivity index (χ2n) is 5.13. The van der Waals surface area contributed by atoms with Crippen LogP contribution >= 0.6 is 11.8 Å². The van der Waals surface area contributed by atoms with E-state index in [1.54, 1.807) is 12.1 Å². The van der Waals surface area contributed by atoms with Crippen LogP contribution in [0.3, 0.4) is 0 Å². The van der Waals surface area contributed by atoms with Gasteiger partial charge >= 0.3 is 0 Å². The number of nitrogens with zero attached hydrogens (tertiary/aromatic N) is 7. The van der Waals surface area contributed by atoms with E-state index in [-0.39, 0.29) is 5.65 Å². The molecule has 0 radical (unpaired) electrons. The maximum atomic E-state index is 12.9. The molecule has 0 saturated heterocycles. The molecule has 0 fully saturated rings. The molecule has 0 saturated carbocycles. The molecule has 10 heteroatoms. The average molecular weight is 359 g/mol. The van der Waals surface area contributed by atoms with Crippen molar-refractivity contribution < 1.29 is 8.78 Å². The van der Waals surface area contributed by atoms with Crippen molar-refractivity contribution in [2.45, 2.75) is 16.6 Å². The lowest BCUT2D eigenvalue weighted by Gasteiger charge is -2.04. The van der Waals surface area contributed by atoms with E-state index in [4.69, 9.17) is 0 Å². The Bertz CT molecular complexity index is 1030. The summed E-state index contributed by atoms with van der Waals surface area (Å²) in [5.41, 5.74) is 1.20. The summed E-state index contributed by atoms with van der Waals surface area (Å²) < 4.78 is 28.8. The lowest BCUT2D eigenvalue weighted by atomic mass is 10.2. The highest BCUT2D eigenvalue weighted by atomic mass is 32.2. The highest BCUT2D eigenvalue weighted by Gasteiger charge is 2.18. The van der Waals surface area contributed by atoms with Gasteiger partial charge in [-0.05, 0) is 23.9 Å². The predicted octanol–water partition coefficient (Wildman–Crippen LogP) is 3.01. The lowest BCUT2D eigenvalue weighted by Crippen LogP contribution is -2.01. The second-order valence-corrected chi connectivity index (χ2v) is 6.12. The predicted molar refractivity (Wildman–Crippen MR) is 86.3 cm³/mol. The van der Waals surface area contributed by atoms with E-state index >= 15 is 0 Å². The van der Waals surface area contributed by atoms with Gasteiger partial charge in [0.15, 0.2) is 16.6 Å². The van der Waals surface area contributed by atoms with E-state index in [0.29, 0.717) is 16.0 Å². The number of hydrogen-bond acceptors (Lipinski definition) is 6. The highest BCUT2D eigenvalue weighted by molar-refractivity contribution is 7.99. The molecular weight excluding hydrogens is 348 g/mol. The van der Waals surface area contributed by atoms with Crippen LogP contribution in [-0.2, 0) is 7.05 Å². The van der Waals surface area contributed by atoms with Crippen LogP contribution in [0.4, 0.5) is 8.78 Å². The Kier molecular flexibility index (Phi) is 3.88. The van der Waals surface area contributed by atoms with Crippen LogP contribution in [0, 0.1) is 0 Å². The number of rotatable bonds is 4. The second kappa shape index (κ2) is 6.20. The monoisotopic (exact) mass is 359 g/mol. The third-order valence-electron chi connectivity index (χ3n) is 3.52. The van der Waals surface area contributed by atoms with E-state index in [2.05, 4.69) is 25.5 Å².